The van der Waals surface area contributed by atoms with Gasteiger partial charge in [0.25, 0.3) is 0 Å². The van der Waals surface area contributed by atoms with Crippen molar-refractivity contribution in [2.45, 2.75) is 32.0 Å². The van der Waals surface area contributed by atoms with Crippen LogP contribution in [-0.4, -0.2) is 47.9 Å². The first-order valence-corrected chi connectivity index (χ1v) is 9.67. The van der Waals surface area contributed by atoms with Crippen molar-refractivity contribution >= 4 is 17.5 Å². The van der Waals surface area contributed by atoms with Crippen LogP contribution in [0.5, 0.6) is 5.75 Å². The number of carbonyl (C=O) groups is 2. The number of rotatable bonds is 5. The van der Waals surface area contributed by atoms with Crippen molar-refractivity contribution in [1.29, 1.82) is 0 Å². The number of anilines is 1. The molecule has 146 valence electrons. The summed E-state index contributed by atoms with van der Waals surface area (Å²) in [5, 5.41) is 2.93. The molecule has 0 bridgehead atoms. The zero-order valence-electron chi connectivity index (χ0n) is 16.1. The maximum absolute atomic E-state index is 12.9. The summed E-state index contributed by atoms with van der Waals surface area (Å²) in [6, 6.07) is 15.1. The maximum atomic E-state index is 12.9. The number of ether oxygens (including phenoxy) is 1. The number of carbonyl (C=O) groups excluding carboxylic acids is 2. The van der Waals surface area contributed by atoms with E-state index in [-0.39, 0.29) is 11.8 Å². The van der Waals surface area contributed by atoms with Gasteiger partial charge in [-0.3, -0.25) is 14.5 Å². The first-order valence-electron chi connectivity index (χ1n) is 9.67. The van der Waals surface area contributed by atoms with Crippen LogP contribution in [0.1, 0.15) is 24.0 Å². The summed E-state index contributed by atoms with van der Waals surface area (Å²) < 4.78 is 5.14. The van der Waals surface area contributed by atoms with E-state index in [9.17, 15) is 9.59 Å². The van der Waals surface area contributed by atoms with E-state index in [0.717, 1.165) is 25.3 Å². The standard InChI is InChI=1S/C22H25N3O3/c1-28-19-10-8-18(9-11-19)23-22(27)20-7-4-12-25(20)21(26)15-24-13-16-5-2-3-6-17(16)14-24/h2-3,5-6,8-11,20H,4,7,12-15H2,1H3,(H,23,27)/t20-/m1/s1. The lowest BCUT2D eigenvalue weighted by molar-refractivity contribution is -0.137. The molecule has 1 saturated heterocycles. The van der Waals surface area contributed by atoms with Gasteiger partial charge in [0, 0.05) is 25.3 Å². The Kier molecular flexibility index (Phi) is 5.30. The fourth-order valence-corrected chi connectivity index (χ4v) is 4.04. The van der Waals surface area contributed by atoms with E-state index < -0.39 is 6.04 Å². The van der Waals surface area contributed by atoms with Gasteiger partial charge < -0.3 is 15.0 Å². The molecule has 2 heterocycles. The number of methoxy groups -OCH3 is 1. The molecular formula is C22H25N3O3. The molecule has 2 aromatic carbocycles. The highest BCUT2D eigenvalue weighted by molar-refractivity contribution is 5.97. The average Bonchev–Trinajstić information content (AvgIpc) is 3.35. The van der Waals surface area contributed by atoms with Crippen LogP contribution in [-0.2, 0) is 22.7 Å². The van der Waals surface area contributed by atoms with Crippen molar-refractivity contribution < 1.29 is 14.3 Å². The molecule has 1 fully saturated rings. The Bertz CT molecular complexity index is 841. The number of hydrogen-bond donors (Lipinski definition) is 1. The van der Waals surface area contributed by atoms with Crippen molar-refractivity contribution in [3.8, 4) is 5.75 Å². The third-order valence-electron chi connectivity index (χ3n) is 5.50. The number of amides is 2. The highest BCUT2D eigenvalue weighted by Crippen LogP contribution is 2.24. The third-order valence-corrected chi connectivity index (χ3v) is 5.50. The molecule has 0 saturated carbocycles. The number of hydrogen-bond acceptors (Lipinski definition) is 4. The second-order valence-electron chi connectivity index (χ2n) is 7.38. The van der Waals surface area contributed by atoms with Gasteiger partial charge in [-0.25, -0.2) is 0 Å². The first-order chi connectivity index (χ1) is 13.6. The molecule has 2 aromatic rings. The highest BCUT2D eigenvalue weighted by atomic mass is 16.5. The smallest absolute Gasteiger partial charge is 0.247 e. The largest absolute Gasteiger partial charge is 0.497 e. The Morgan fingerprint density at radius 2 is 1.75 bits per heavy atom. The number of benzene rings is 2. The number of nitrogens with one attached hydrogen (secondary N) is 1. The fourth-order valence-electron chi connectivity index (χ4n) is 4.04. The molecule has 0 radical (unpaired) electrons. The molecule has 0 spiro atoms. The monoisotopic (exact) mass is 379 g/mol. The van der Waals surface area contributed by atoms with Gasteiger partial charge in [0.1, 0.15) is 11.8 Å². The lowest BCUT2D eigenvalue weighted by Crippen LogP contribution is -2.46. The van der Waals surface area contributed by atoms with E-state index in [2.05, 4.69) is 22.3 Å². The third kappa shape index (κ3) is 3.87. The van der Waals surface area contributed by atoms with Gasteiger partial charge in [-0.05, 0) is 48.2 Å². The van der Waals surface area contributed by atoms with Crippen LogP contribution in [0.3, 0.4) is 0 Å². The second-order valence-corrected chi connectivity index (χ2v) is 7.38. The van der Waals surface area contributed by atoms with Crippen LogP contribution in [0.25, 0.3) is 0 Å². The summed E-state index contributed by atoms with van der Waals surface area (Å²) in [5.74, 6) is 0.642. The van der Waals surface area contributed by atoms with E-state index >= 15 is 0 Å². The van der Waals surface area contributed by atoms with Crippen molar-refractivity contribution in [2.75, 3.05) is 25.5 Å². The van der Waals surface area contributed by atoms with Crippen molar-refractivity contribution in [3.63, 3.8) is 0 Å². The lowest BCUT2D eigenvalue weighted by Gasteiger charge is -2.26. The second kappa shape index (κ2) is 8.02. The average molecular weight is 379 g/mol. The summed E-state index contributed by atoms with van der Waals surface area (Å²) >= 11 is 0. The fraction of sp³-hybridized carbons (Fsp3) is 0.364. The summed E-state index contributed by atoms with van der Waals surface area (Å²) in [5.41, 5.74) is 3.27. The minimum absolute atomic E-state index is 0.0280. The Balaban J connectivity index is 1.36. The molecular weight excluding hydrogens is 354 g/mol. The van der Waals surface area contributed by atoms with E-state index in [1.165, 1.54) is 11.1 Å². The predicted octanol–water partition coefficient (Wildman–Crippen LogP) is 2.64. The SMILES string of the molecule is COc1ccc(NC(=O)[C@H]2CCCN2C(=O)CN2Cc3ccccc3C2)cc1. The van der Waals surface area contributed by atoms with Crippen LogP contribution in [0.2, 0.25) is 0 Å². The van der Waals surface area contributed by atoms with Crippen molar-refractivity contribution in [1.82, 2.24) is 9.80 Å². The molecule has 1 atom stereocenters. The summed E-state index contributed by atoms with van der Waals surface area (Å²) in [6.07, 6.45) is 1.56. The van der Waals surface area contributed by atoms with Gasteiger partial charge in [-0.15, -0.1) is 0 Å². The number of nitrogens with zero attached hydrogens (tertiary/aromatic N) is 2. The number of fused-ring (bicyclic) bond motifs is 1. The van der Waals surface area contributed by atoms with Gasteiger partial charge in [0.2, 0.25) is 11.8 Å². The van der Waals surface area contributed by atoms with E-state index in [4.69, 9.17) is 4.74 Å². The molecule has 2 aliphatic rings. The molecule has 6 heteroatoms. The van der Waals surface area contributed by atoms with Crippen LogP contribution in [0.4, 0.5) is 5.69 Å². The van der Waals surface area contributed by atoms with Gasteiger partial charge in [-0.2, -0.15) is 0 Å². The van der Waals surface area contributed by atoms with Gasteiger partial charge in [0.15, 0.2) is 0 Å². The van der Waals surface area contributed by atoms with Crippen LogP contribution < -0.4 is 10.1 Å². The van der Waals surface area contributed by atoms with Crippen molar-refractivity contribution in [2.24, 2.45) is 0 Å². The van der Waals surface area contributed by atoms with Gasteiger partial charge in [0.05, 0.1) is 13.7 Å². The molecule has 28 heavy (non-hydrogen) atoms. The molecule has 0 aliphatic carbocycles. The van der Waals surface area contributed by atoms with Crippen LogP contribution >= 0.6 is 0 Å². The Morgan fingerprint density at radius 3 is 2.39 bits per heavy atom. The zero-order valence-corrected chi connectivity index (χ0v) is 16.1. The molecule has 6 nitrogen and oxygen atoms in total. The van der Waals surface area contributed by atoms with Gasteiger partial charge in [-0.1, -0.05) is 24.3 Å². The maximum Gasteiger partial charge on any atom is 0.247 e. The van der Waals surface area contributed by atoms with Crippen LogP contribution in [0, 0.1) is 0 Å². The Labute approximate surface area is 165 Å². The predicted molar refractivity (Wildman–Crippen MR) is 107 cm³/mol. The molecule has 4 rings (SSSR count). The minimum Gasteiger partial charge on any atom is -0.497 e. The summed E-state index contributed by atoms with van der Waals surface area (Å²) in [6.45, 7) is 2.57. The molecule has 1 N–H and O–H groups in total. The Morgan fingerprint density at radius 1 is 1.07 bits per heavy atom. The van der Waals surface area contributed by atoms with Gasteiger partial charge >= 0.3 is 0 Å². The lowest BCUT2D eigenvalue weighted by atomic mass is 10.1. The Hall–Kier alpha value is -2.86. The topological polar surface area (TPSA) is 61.9 Å². The molecule has 2 amide bonds. The van der Waals surface area contributed by atoms with Crippen LogP contribution in [0.15, 0.2) is 48.5 Å². The number of likely N-dealkylation sites (tertiary alicyclic amines) is 1. The molecule has 0 aromatic heterocycles. The highest BCUT2D eigenvalue weighted by Gasteiger charge is 2.35. The van der Waals surface area contributed by atoms with E-state index in [1.807, 2.05) is 12.1 Å². The minimum atomic E-state index is -0.403. The van der Waals surface area contributed by atoms with E-state index in [1.54, 1.807) is 36.3 Å². The van der Waals surface area contributed by atoms with E-state index in [0.29, 0.717) is 25.2 Å². The molecule has 2 aliphatic heterocycles. The summed E-state index contributed by atoms with van der Waals surface area (Å²) in [4.78, 5) is 29.5. The molecule has 0 unspecified atom stereocenters. The first kappa shape index (κ1) is 18.5. The quantitative estimate of drug-likeness (QED) is 0.868. The summed E-state index contributed by atoms with van der Waals surface area (Å²) in [7, 11) is 1.61. The zero-order chi connectivity index (χ0) is 19.5. The normalized spacial score (nSPS) is 18.8. The van der Waals surface area contributed by atoms with Crippen molar-refractivity contribution in [3.05, 3.63) is 59.7 Å².